The number of aliphatic hydroxyl groups excluding tert-OH is 1. The fraction of sp³-hybridized carbons (Fsp3) is 0.0667. The molecule has 41 heavy (non-hydrogen) atoms. The van der Waals surface area contributed by atoms with Gasteiger partial charge in [0.15, 0.2) is 11.6 Å². The maximum atomic E-state index is 14.0. The van der Waals surface area contributed by atoms with Gasteiger partial charge in [-0.1, -0.05) is 48.5 Å². The Kier molecular flexibility index (Phi) is 7.79. The van der Waals surface area contributed by atoms with Gasteiger partial charge in [0.25, 0.3) is 17.4 Å². The summed E-state index contributed by atoms with van der Waals surface area (Å²) in [6, 6.07) is 21.8. The number of halogens is 2. The van der Waals surface area contributed by atoms with Gasteiger partial charge in [0, 0.05) is 23.9 Å². The van der Waals surface area contributed by atoms with Crippen LogP contribution in [0, 0.1) is 11.6 Å². The van der Waals surface area contributed by atoms with Gasteiger partial charge in [0.2, 0.25) is 0 Å². The molecule has 206 valence electrons. The SMILES string of the molecule is O=C(NN(c1ccccc1)c1ccnc2[nH]c(=O)c(C(=O)NCCO)c(-c3ccccc3)c12)c1ccc(F)c(F)c1. The average Bonchev–Trinajstić information content (AvgIpc) is 2.99. The van der Waals surface area contributed by atoms with Crippen LogP contribution in [0.1, 0.15) is 20.7 Å². The molecule has 0 aliphatic carbocycles. The van der Waals surface area contributed by atoms with Crippen molar-refractivity contribution in [2.75, 3.05) is 18.2 Å². The van der Waals surface area contributed by atoms with E-state index in [0.717, 1.165) is 18.2 Å². The normalized spacial score (nSPS) is 10.8. The van der Waals surface area contributed by atoms with Gasteiger partial charge in [-0.05, 0) is 42.0 Å². The second-order valence-electron chi connectivity index (χ2n) is 8.84. The van der Waals surface area contributed by atoms with E-state index >= 15 is 0 Å². The molecule has 0 fully saturated rings. The molecular formula is C30H23F2N5O4. The van der Waals surface area contributed by atoms with Crippen LogP contribution in [-0.2, 0) is 0 Å². The van der Waals surface area contributed by atoms with Crippen LogP contribution < -0.4 is 21.3 Å². The number of aliphatic hydroxyl groups is 1. The predicted octanol–water partition coefficient (Wildman–Crippen LogP) is 4.07. The van der Waals surface area contributed by atoms with E-state index in [1.165, 1.54) is 11.2 Å². The van der Waals surface area contributed by atoms with E-state index < -0.39 is 29.0 Å². The molecule has 3 aromatic carbocycles. The van der Waals surface area contributed by atoms with E-state index in [2.05, 4.69) is 20.7 Å². The fourth-order valence-corrected chi connectivity index (χ4v) is 4.40. The van der Waals surface area contributed by atoms with E-state index in [-0.39, 0.29) is 35.5 Å². The highest BCUT2D eigenvalue weighted by atomic mass is 19.2. The monoisotopic (exact) mass is 555 g/mol. The molecule has 0 atom stereocenters. The van der Waals surface area contributed by atoms with Gasteiger partial charge in [-0.25, -0.2) is 13.8 Å². The predicted molar refractivity (Wildman–Crippen MR) is 150 cm³/mol. The summed E-state index contributed by atoms with van der Waals surface area (Å²) in [5.74, 6) is -3.73. The minimum atomic E-state index is -1.18. The molecule has 0 radical (unpaired) electrons. The van der Waals surface area contributed by atoms with Crippen LogP contribution in [0.4, 0.5) is 20.2 Å². The zero-order chi connectivity index (χ0) is 28.9. The number of rotatable bonds is 8. The quantitative estimate of drug-likeness (QED) is 0.214. The number of carbonyl (C=O) groups is 2. The number of anilines is 2. The van der Waals surface area contributed by atoms with Crippen molar-refractivity contribution >= 4 is 34.2 Å². The molecular weight excluding hydrogens is 532 g/mol. The summed E-state index contributed by atoms with van der Waals surface area (Å²) in [5, 5.41) is 13.5. The van der Waals surface area contributed by atoms with Crippen molar-refractivity contribution in [3.8, 4) is 11.1 Å². The molecule has 0 aliphatic rings. The molecule has 0 saturated heterocycles. The van der Waals surface area contributed by atoms with Crippen LogP contribution in [0.25, 0.3) is 22.2 Å². The van der Waals surface area contributed by atoms with Crippen molar-refractivity contribution in [1.29, 1.82) is 0 Å². The van der Waals surface area contributed by atoms with Crippen LogP contribution in [0.15, 0.2) is 95.9 Å². The highest BCUT2D eigenvalue weighted by Crippen LogP contribution is 2.37. The topological polar surface area (TPSA) is 127 Å². The molecule has 5 aromatic rings. The molecule has 2 aromatic heterocycles. The van der Waals surface area contributed by atoms with Crippen molar-refractivity contribution < 1.29 is 23.5 Å². The first-order valence-electron chi connectivity index (χ1n) is 12.5. The van der Waals surface area contributed by atoms with Crippen LogP contribution in [0.5, 0.6) is 0 Å². The number of carbonyl (C=O) groups excluding carboxylic acids is 2. The minimum Gasteiger partial charge on any atom is -0.395 e. The summed E-state index contributed by atoms with van der Waals surface area (Å²) < 4.78 is 27.5. The summed E-state index contributed by atoms with van der Waals surface area (Å²) in [5.41, 5.74) is 3.38. The van der Waals surface area contributed by atoms with Crippen molar-refractivity contribution in [3.63, 3.8) is 0 Å². The largest absolute Gasteiger partial charge is 0.395 e. The summed E-state index contributed by atoms with van der Waals surface area (Å²) in [6.45, 7) is -0.409. The maximum absolute atomic E-state index is 14.0. The number of H-pyrrole nitrogens is 1. The number of fused-ring (bicyclic) bond motifs is 1. The zero-order valence-electron chi connectivity index (χ0n) is 21.4. The summed E-state index contributed by atoms with van der Waals surface area (Å²) >= 11 is 0. The van der Waals surface area contributed by atoms with Crippen LogP contribution in [0.2, 0.25) is 0 Å². The van der Waals surface area contributed by atoms with Crippen LogP contribution in [-0.4, -0.2) is 40.0 Å². The molecule has 5 rings (SSSR count). The Morgan fingerprint density at radius 3 is 2.29 bits per heavy atom. The van der Waals surface area contributed by atoms with Crippen molar-refractivity contribution in [1.82, 2.24) is 20.7 Å². The van der Waals surface area contributed by atoms with Gasteiger partial charge in [-0.2, -0.15) is 0 Å². The number of hydrazine groups is 1. The first kappa shape index (κ1) is 27.2. The Morgan fingerprint density at radius 2 is 1.61 bits per heavy atom. The van der Waals surface area contributed by atoms with Gasteiger partial charge >= 0.3 is 0 Å². The zero-order valence-corrected chi connectivity index (χ0v) is 21.4. The minimum absolute atomic E-state index is 0.0785. The highest BCUT2D eigenvalue weighted by Gasteiger charge is 2.26. The molecule has 0 aliphatic heterocycles. The molecule has 0 saturated carbocycles. The Balaban J connectivity index is 1.78. The summed E-state index contributed by atoms with van der Waals surface area (Å²) in [6.07, 6.45) is 1.42. The smallest absolute Gasteiger partial charge is 0.270 e. The maximum Gasteiger partial charge on any atom is 0.270 e. The Labute approximate surface area is 232 Å². The lowest BCUT2D eigenvalue weighted by atomic mass is 9.95. The van der Waals surface area contributed by atoms with E-state index in [9.17, 15) is 28.3 Å². The molecule has 9 nitrogen and oxygen atoms in total. The third kappa shape index (κ3) is 5.52. The van der Waals surface area contributed by atoms with Gasteiger partial charge in [0.05, 0.1) is 23.4 Å². The standard InChI is InChI=1S/C30H23F2N5O4/c31-21-12-11-19(17-22(21)32)28(39)36-37(20-9-5-2-6-10-20)23-13-14-33-27-25(23)24(18-7-3-1-4-8-18)26(30(41)35-27)29(40)34-15-16-38/h1-14,17,38H,15-16H2,(H,34,40)(H,36,39)(H,33,35,41). The van der Waals surface area contributed by atoms with Gasteiger partial charge in [0.1, 0.15) is 11.2 Å². The number of hydrogen-bond acceptors (Lipinski definition) is 6. The number of nitrogens with one attached hydrogen (secondary N) is 3. The number of amides is 2. The Hall–Kier alpha value is -5.42. The third-order valence-electron chi connectivity index (χ3n) is 6.23. The number of aromatic amines is 1. The molecule has 0 bridgehead atoms. The van der Waals surface area contributed by atoms with Crippen LogP contribution in [0.3, 0.4) is 0 Å². The van der Waals surface area contributed by atoms with Crippen molar-refractivity contribution in [2.45, 2.75) is 0 Å². The van der Waals surface area contributed by atoms with Crippen LogP contribution >= 0.6 is 0 Å². The first-order chi connectivity index (χ1) is 19.9. The van der Waals surface area contributed by atoms with E-state index in [4.69, 9.17) is 0 Å². The average molecular weight is 556 g/mol. The lowest BCUT2D eigenvalue weighted by Crippen LogP contribution is -2.39. The second-order valence-corrected chi connectivity index (χ2v) is 8.84. The Bertz CT molecular complexity index is 1800. The molecule has 0 unspecified atom stereocenters. The van der Waals surface area contributed by atoms with Gasteiger partial charge < -0.3 is 15.4 Å². The number of hydrogen-bond donors (Lipinski definition) is 4. The van der Waals surface area contributed by atoms with Gasteiger partial charge in [-0.3, -0.25) is 24.8 Å². The second kappa shape index (κ2) is 11.8. The van der Waals surface area contributed by atoms with Crippen molar-refractivity contribution in [3.05, 3.63) is 124 Å². The molecule has 11 heteroatoms. The number of para-hydroxylation sites is 1. The molecule has 4 N–H and O–H groups in total. The number of aromatic nitrogens is 2. The number of benzene rings is 3. The highest BCUT2D eigenvalue weighted by molar-refractivity contribution is 6.12. The fourth-order valence-electron chi connectivity index (χ4n) is 4.40. The lowest BCUT2D eigenvalue weighted by Gasteiger charge is -2.27. The van der Waals surface area contributed by atoms with E-state index in [1.54, 1.807) is 66.7 Å². The van der Waals surface area contributed by atoms with Crippen molar-refractivity contribution in [2.24, 2.45) is 0 Å². The molecule has 2 amide bonds. The number of nitrogens with zero attached hydrogens (tertiary/aromatic N) is 2. The van der Waals surface area contributed by atoms with E-state index in [0.29, 0.717) is 22.3 Å². The first-order valence-corrected chi connectivity index (χ1v) is 12.5. The molecule has 0 spiro atoms. The van der Waals surface area contributed by atoms with E-state index in [1.807, 2.05) is 0 Å². The Morgan fingerprint density at radius 1 is 0.902 bits per heavy atom. The summed E-state index contributed by atoms with van der Waals surface area (Å²) in [4.78, 5) is 46.7. The number of pyridine rings is 2. The summed E-state index contributed by atoms with van der Waals surface area (Å²) in [7, 11) is 0. The lowest BCUT2D eigenvalue weighted by molar-refractivity contribution is 0.0939. The van der Waals surface area contributed by atoms with Gasteiger partial charge in [-0.15, -0.1) is 0 Å². The molecule has 2 heterocycles. The third-order valence-corrected chi connectivity index (χ3v) is 6.23.